The predicted molar refractivity (Wildman–Crippen MR) is 71.8 cm³/mol. The summed E-state index contributed by atoms with van der Waals surface area (Å²) in [5.41, 5.74) is 1.63. The maximum absolute atomic E-state index is 9.01. The molecule has 0 aliphatic heterocycles. The largest absolute Gasteiger partial charge is 0.495 e. The van der Waals surface area contributed by atoms with Gasteiger partial charge in [-0.3, -0.25) is 0 Å². The molecule has 0 radical (unpaired) electrons. The van der Waals surface area contributed by atoms with Crippen molar-refractivity contribution in [1.29, 1.82) is 5.26 Å². The van der Waals surface area contributed by atoms with Crippen LogP contribution >= 0.6 is 0 Å². The van der Waals surface area contributed by atoms with Crippen LogP contribution in [0.1, 0.15) is 16.9 Å². The first-order valence-electron chi connectivity index (χ1n) is 6.13. The number of benzene rings is 1. The Morgan fingerprint density at radius 2 is 2.26 bits per heavy atom. The van der Waals surface area contributed by atoms with Crippen LogP contribution in [0, 0.1) is 11.3 Å². The number of furan rings is 1. The number of methoxy groups -OCH3 is 1. The van der Waals surface area contributed by atoms with Crippen molar-refractivity contribution in [2.24, 2.45) is 0 Å². The van der Waals surface area contributed by atoms with Crippen LogP contribution in [0.25, 0.3) is 0 Å². The second-order valence-corrected chi connectivity index (χ2v) is 4.15. The molecule has 0 saturated heterocycles. The summed E-state index contributed by atoms with van der Waals surface area (Å²) in [7, 11) is 1.57. The van der Waals surface area contributed by atoms with Crippen molar-refractivity contribution >= 4 is 0 Å². The molecule has 19 heavy (non-hydrogen) atoms. The highest BCUT2D eigenvalue weighted by Gasteiger charge is 2.03. The summed E-state index contributed by atoms with van der Waals surface area (Å²) in [6, 6.07) is 11.6. The van der Waals surface area contributed by atoms with E-state index < -0.39 is 0 Å². The Bertz CT molecular complexity index is 556. The summed E-state index contributed by atoms with van der Waals surface area (Å²) in [6.45, 7) is 1.56. The second kappa shape index (κ2) is 6.62. The van der Waals surface area contributed by atoms with Gasteiger partial charge in [0, 0.05) is 19.5 Å². The van der Waals surface area contributed by atoms with Gasteiger partial charge in [0.15, 0.2) is 0 Å². The van der Waals surface area contributed by atoms with Gasteiger partial charge in [-0.15, -0.1) is 0 Å². The van der Waals surface area contributed by atoms with E-state index in [-0.39, 0.29) is 0 Å². The van der Waals surface area contributed by atoms with Crippen molar-refractivity contribution in [1.82, 2.24) is 5.32 Å². The van der Waals surface area contributed by atoms with E-state index in [2.05, 4.69) is 11.4 Å². The van der Waals surface area contributed by atoms with Crippen molar-refractivity contribution in [3.05, 3.63) is 53.5 Å². The maximum Gasteiger partial charge on any atom is 0.136 e. The molecule has 1 aromatic carbocycles. The second-order valence-electron chi connectivity index (χ2n) is 4.15. The van der Waals surface area contributed by atoms with Gasteiger partial charge in [-0.1, -0.05) is 6.07 Å². The molecule has 1 N–H and O–H groups in total. The Hall–Kier alpha value is -2.25. The van der Waals surface area contributed by atoms with Crippen LogP contribution in [-0.2, 0) is 13.0 Å². The molecule has 4 heteroatoms. The lowest BCUT2D eigenvalue weighted by molar-refractivity contribution is 0.413. The molecule has 4 nitrogen and oxygen atoms in total. The van der Waals surface area contributed by atoms with Crippen LogP contribution in [0.2, 0.25) is 0 Å². The van der Waals surface area contributed by atoms with Gasteiger partial charge in [-0.05, 0) is 29.8 Å². The summed E-state index contributed by atoms with van der Waals surface area (Å²) < 4.78 is 10.4. The lowest BCUT2D eigenvalue weighted by Crippen LogP contribution is -2.16. The number of hydrogen-bond donors (Lipinski definition) is 1. The Morgan fingerprint density at radius 3 is 2.95 bits per heavy atom. The fraction of sp³-hybridized carbons (Fsp3) is 0.267. The van der Waals surface area contributed by atoms with Crippen LogP contribution in [0.5, 0.6) is 5.75 Å². The third kappa shape index (κ3) is 3.60. The first-order chi connectivity index (χ1) is 9.33. The molecule has 0 atom stereocenters. The van der Waals surface area contributed by atoms with Crippen LogP contribution in [-0.4, -0.2) is 13.7 Å². The average Bonchev–Trinajstić information content (AvgIpc) is 2.96. The molecule has 0 bridgehead atoms. The minimum Gasteiger partial charge on any atom is -0.495 e. The van der Waals surface area contributed by atoms with Crippen LogP contribution in [0.3, 0.4) is 0 Å². The number of nitrogens with one attached hydrogen (secondary N) is 1. The van der Waals surface area contributed by atoms with E-state index in [1.54, 1.807) is 13.4 Å². The molecule has 0 saturated carbocycles. The van der Waals surface area contributed by atoms with Crippen LogP contribution in [0.4, 0.5) is 0 Å². The lowest BCUT2D eigenvalue weighted by Gasteiger charge is -2.07. The minimum atomic E-state index is 0.563. The van der Waals surface area contributed by atoms with E-state index in [1.165, 1.54) is 0 Å². The van der Waals surface area contributed by atoms with E-state index in [0.29, 0.717) is 11.3 Å². The molecule has 98 valence electrons. The smallest absolute Gasteiger partial charge is 0.136 e. The van der Waals surface area contributed by atoms with E-state index >= 15 is 0 Å². The van der Waals surface area contributed by atoms with E-state index in [9.17, 15) is 0 Å². The van der Waals surface area contributed by atoms with Gasteiger partial charge >= 0.3 is 0 Å². The molecule has 0 fully saturated rings. The first kappa shape index (κ1) is 13.2. The Kier molecular flexibility index (Phi) is 4.60. The van der Waals surface area contributed by atoms with Crippen molar-refractivity contribution in [3.63, 3.8) is 0 Å². The van der Waals surface area contributed by atoms with Crippen molar-refractivity contribution < 1.29 is 9.15 Å². The standard InChI is InChI=1S/C15H16N2O2/c1-18-15-5-4-12(9-13(15)10-16)11-17-7-6-14-3-2-8-19-14/h2-5,8-9,17H,6-7,11H2,1H3. The fourth-order valence-electron chi connectivity index (χ4n) is 1.85. The zero-order valence-electron chi connectivity index (χ0n) is 10.8. The highest BCUT2D eigenvalue weighted by atomic mass is 16.5. The Balaban J connectivity index is 1.84. The summed E-state index contributed by atoms with van der Waals surface area (Å²) >= 11 is 0. The maximum atomic E-state index is 9.01. The Labute approximate surface area is 112 Å². The Morgan fingerprint density at radius 1 is 1.37 bits per heavy atom. The van der Waals surface area contributed by atoms with Crippen molar-refractivity contribution in [2.45, 2.75) is 13.0 Å². The van der Waals surface area contributed by atoms with Gasteiger partial charge in [0.25, 0.3) is 0 Å². The minimum absolute atomic E-state index is 0.563. The fourth-order valence-corrected chi connectivity index (χ4v) is 1.85. The topological polar surface area (TPSA) is 58.2 Å². The van der Waals surface area contributed by atoms with Gasteiger partial charge in [0.05, 0.1) is 18.9 Å². The molecule has 0 aliphatic rings. The number of ether oxygens (including phenoxy) is 1. The SMILES string of the molecule is COc1ccc(CNCCc2ccco2)cc1C#N. The molecule has 0 unspecified atom stereocenters. The third-order valence-corrected chi connectivity index (χ3v) is 2.84. The predicted octanol–water partition coefficient (Wildman–Crippen LogP) is 2.49. The molecule has 1 heterocycles. The molecule has 0 amide bonds. The number of rotatable bonds is 6. The summed E-state index contributed by atoms with van der Waals surface area (Å²) in [6.07, 6.45) is 2.53. The van der Waals surface area contributed by atoms with Gasteiger partial charge in [-0.25, -0.2) is 0 Å². The zero-order valence-corrected chi connectivity index (χ0v) is 10.8. The van der Waals surface area contributed by atoms with Crippen LogP contribution < -0.4 is 10.1 Å². The van der Waals surface area contributed by atoms with Crippen molar-refractivity contribution in [3.8, 4) is 11.8 Å². The lowest BCUT2D eigenvalue weighted by atomic mass is 10.1. The van der Waals surface area contributed by atoms with E-state index in [0.717, 1.165) is 30.8 Å². The van der Waals surface area contributed by atoms with Crippen LogP contribution in [0.15, 0.2) is 41.0 Å². The monoisotopic (exact) mass is 256 g/mol. The quantitative estimate of drug-likeness (QED) is 0.807. The molecule has 0 aliphatic carbocycles. The molecule has 2 rings (SSSR count). The highest BCUT2D eigenvalue weighted by Crippen LogP contribution is 2.18. The summed E-state index contributed by atoms with van der Waals surface area (Å²) in [4.78, 5) is 0. The van der Waals surface area contributed by atoms with Gasteiger partial charge in [0.2, 0.25) is 0 Å². The molecular formula is C15H16N2O2. The number of nitriles is 1. The molecular weight excluding hydrogens is 240 g/mol. The summed E-state index contributed by atoms with van der Waals surface area (Å²) in [5.74, 6) is 1.58. The zero-order chi connectivity index (χ0) is 13.5. The van der Waals surface area contributed by atoms with Gasteiger partial charge in [-0.2, -0.15) is 5.26 Å². The van der Waals surface area contributed by atoms with Crippen molar-refractivity contribution in [2.75, 3.05) is 13.7 Å². The van der Waals surface area contributed by atoms with Gasteiger partial charge in [0.1, 0.15) is 17.6 Å². The average molecular weight is 256 g/mol. The van der Waals surface area contributed by atoms with Gasteiger partial charge < -0.3 is 14.5 Å². The van der Waals surface area contributed by atoms with E-state index in [4.69, 9.17) is 14.4 Å². The molecule has 0 spiro atoms. The normalized spacial score (nSPS) is 10.1. The first-order valence-corrected chi connectivity index (χ1v) is 6.13. The van der Waals surface area contributed by atoms with E-state index in [1.807, 2.05) is 30.3 Å². The number of hydrogen-bond acceptors (Lipinski definition) is 4. The summed E-state index contributed by atoms with van der Waals surface area (Å²) in [5, 5.41) is 12.3. The highest BCUT2D eigenvalue weighted by molar-refractivity contribution is 5.45. The molecule has 1 aromatic heterocycles. The number of nitrogens with zero attached hydrogens (tertiary/aromatic N) is 1. The molecule has 2 aromatic rings. The third-order valence-electron chi connectivity index (χ3n) is 2.84.